The summed E-state index contributed by atoms with van der Waals surface area (Å²) in [5.41, 5.74) is 6.76. The molecule has 28 heavy (non-hydrogen) atoms. The van der Waals surface area contributed by atoms with Crippen molar-refractivity contribution in [2.24, 2.45) is 11.7 Å². The number of hydrogen-bond acceptors (Lipinski definition) is 4. The Labute approximate surface area is 166 Å². The van der Waals surface area contributed by atoms with E-state index in [1.807, 2.05) is 18.2 Å². The summed E-state index contributed by atoms with van der Waals surface area (Å²) in [6, 6.07) is 14.6. The lowest BCUT2D eigenvalue weighted by atomic mass is 9.91. The van der Waals surface area contributed by atoms with E-state index in [0.717, 1.165) is 19.3 Å². The lowest BCUT2D eigenvalue weighted by molar-refractivity contribution is 0.1000. The molecule has 6 nitrogen and oxygen atoms in total. The van der Waals surface area contributed by atoms with Crippen molar-refractivity contribution in [1.29, 1.82) is 0 Å². The van der Waals surface area contributed by atoms with Crippen LogP contribution in [0, 0.1) is 5.92 Å². The highest BCUT2D eigenvalue weighted by Gasteiger charge is 2.32. The zero-order chi connectivity index (χ0) is 20.1. The molecule has 0 radical (unpaired) electrons. The predicted octanol–water partition coefficient (Wildman–Crippen LogP) is 2.83. The zero-order valence-corrected chi connectivity index (χ0v) is 16.8. The van der Waals surface area contributed by atoms with Crippen LogP contribution in [0.5, 0.6) is 5.75 Å². The third kappa shape index (κ3) is 4.54. The Kier molecular flexibility index (Phi) is 6.36. The number of piperidine rings is 1. The Hall–Kier alpha value is -2.38. The second-order valence-electron chi connectivity index (χ2n) is 7.00. The van der Waals surface area contributed by atoms with Gasteiger partial charge >= 0.3 is 0 Å². The number of ether oxygens (including phenoxy) is 1. The quantitative estimate of drug-likeness (QED) is 0.771. The van der Waals surface area contributed by atoms with Gasteiger partial charge in [-0.1, -0.05) is 30.3 Å². The van der Waals surface area contributed by atoms with Crippen LogP contribution in [0.1, 0.15) is 35.7 Å². The number of benzene rings is 2. The fourth-order valence-electron chi connectivity index (χ4n) is 3.58. The van der Waals surface area contributed by atoms with Gasteiger partial charge in [-0.3, -0.25) is 4.79 Å². The molecule has 1 amide bonds. The molecule has 0 aliphatic carbocycles. The topological polar surface area (TPSA) is 89.7 Å². The first-order valence-electron chi connectivity index (χ1n) is 9.52. The van der Waals surface area contributed by atoms with Gasteiger partial charge in [-0.05, 0) is 55.9 Å². The minimum absolute atomic E-state index is 0.00663. The van der Waals surface area contributed by atoms with Gasteiger partial charge in [-0.15, -0.1) is 0 Å². The molecule has 1 aliphatic heterocycles. The first kappa shape index (κ1) is 20.4. The summed E-state index contributed by atoms with van der Waals surface area (Å²) in [5, 5.41) is 0. The van der Waals surface area contributed by atoms with Gasteiger partial charge in [0.25, 0.3) is 0 Å². The van der Waals surface area contributed by atoms with E-state index in [1.54, 1.807) is 6.92 Å². The monoisotopic (exact) mass is 402 g/mol. The van der Waals surface area contributed by atoms with Crippen molar-refractivity contribution < 1.29 is 17.9 Å². The van der Waals surface area contributed by atoms with Crippen LogP contribution < -0.4 is 10.5 Å². The number of carbonyl (C=O) groups is 1. The summed E-state index contributed by atoms with van der Waals surface area (Å²) in [5.74, 6) is 0.0390. The van der Waals surface area contributed by atoms with E-state index in [2.05, 4.69) is 12.1 Å². The van der Waals surface area contributed by atoms with Crippen molar-refractivity contribution in [3.63, 3.8) is 0 Å². The Bertz CT molecular complexity index is 921. The van der Waals surface area contributed by atoms with Crippen molar-refractivity contribution in [2.45, 2.75) is 31.1 Å². The Balaban J connectivity index is 1.76. The third-order valence-electron chi connectivity index (χ3n) is 5.09. The maximum absolute atomic E-state index is 13.2. The zero-order valence-electron chi connectivity index (χ0n) is 16.0. The normalized spacial score (nSPS) is 16.0. The van der Waals surface area contributed by atoms with Crippen molar-refractivity contribution in [2.75, 3.05) is 19.7 Å². The molecule has 2 aromatic carbocycles. The fourth-order valence-corrected chi connectivity index (χ4v) is 5.20. The maximum Gasteiger partial charge on any atom is 0.248 e. The molecule has 3 rings (SSSR count). The van der Waals surface area contributed by atoms with E-state index in [4.69, 9.17) is 10.5 Å². The molecular weight excluding hydrogens is 376 g/mol. The number of rotatable bonds is 7. The van der Waals surface area contributed by atoms with Gasteiger partial charge in [0, 0.05) is 18.7 Å². The fraction of sp³-hybridized carbons (Fsp3) is 0.381. The maximum atomic E-state index is 13.2. The number of carbonyl (C=O) groups excluding carboxylic acids is 1. The number of nitrogens with zero attached hydrogens (tertiary/aromatic N) is 1. The van der Waals surface area contributed by atoms with Crippen LogP contribution in [0.3, 0.4) is 0 Å². The van der Waals surface area contributed by atoms with Crippen LogP contribution >= 0.6 is 0 Å². The van der Waals surface area contributed by atoms with Gasteiger partial charge in [-0.25, -0.2) is 8.42 Å². The molecule has 1 fully saturated rings. The van der Waals surface area contributed by atoms with Gasteiger partial charge < -0.3 is 10.5 Å². The second kappa shape index (κ2) is 8.75. The van der Waals surface area contributed by atoms with Crippen LogP contribution in [0.25, 0.3) is 0 Å². The Morgan fingerprint density at radius 1 is 1.14 bits per heavy atom. The largest absolute Gasteiger partial charge is 0.492 e. The van der Waals surface area contributed by atoms with Crippen LogP contribution in [-0.4, -0.2) is 38.3 Å². The molecule has 1 aliphatic rings. The minimum Gasteiger partial charge on any atom is -0.492 e. The van der Waals surface area contributed by atoms with E-state index in [9.17, 15) is 13.2 Å². The molecule has 150 valence electrons. The highest BCUT2D eigenvalue weighted by Crippen LogP contribution is 2.31. The predicted molar refractivity (Wildman–Crippen MR) is 108 cm³/mol. The minimum atomic E-state index is -3.77. The first-order valence-corrected chi connectivity index (χ1v) is 11.0. The molecule has 0 aromatic heterocycles. The summed E-state index contributed by atoms with van der Waals surface area (Å²) in [7, 11) is -3.77. The summed E-state index contributed by atoms with van der Waals surface area (Å²) in [6.45, 7) is 3.02. The van der Waals surface area contributed by atoms with Crippen molar-refractivity contribution in [3.8, 4) is 5.75 Å². The molecule has 2 aromatic rings. The average molecular weight is 403 g/mol. The van der Waals surface area contributed by atoms with E-state index in [-0.39, 0.29) is 16.2 Å². The first-order chi connectivity index (χ1) is 13.4. The summed E-state index contributed by atoms with van der Waals surface area (Å²) in [6.07, 6.45) is 2.55. The standard InChI is InChI=1S/C21H26N2O4S/c1-2-27-19-9-8-18(21(22)24)15-20(19)28(25,26)23-12-10-17(11-13-23)14-16-6-4-3-5-7-16/h3-9,15,17H,2,10-14H2,1H3,(H2,22,24). The summed E-state index contributed by atoms with van der Waals surface area (Å²) in [4.78, 5) is 11.5. The number of hydrogen-bond donors (Lipinski definition) is 1. The molecule has 0 saturated carbocycles. The molecule has 2 N–H and O–H groups in total. The van der Waals surface area contributed by atoms with Crippen LogP contribution in [0.2, 0.25) is 0 Å². The highest BCUT2D eigenvalue weighted by molar-refractivity contribution is 7.89. The molecule has 0 unspecified atom stereocenters. The SMILES string of the molecule is CCOc1ccc(C(N)=O)cc1S(=O)(=O)N1CCC(Cc2ccccc2)CC1. The van der Waals surface area contributed by atoms with Gasteiger partial charge in [-0.2, -0.15) is 4.31 Å². The summed E-state index contributed by atoms with van der Waals surface area (Å²) < 4.78 is 33.4. The molecule has 0 atom stereocenters. The number of primary amides is 1. The average Bonchev–Trinajstić information content (AvgIpc) is 2.69. The number of sulfonamides is 1. The van der Waals surface area contributed by atoms with Crippen LogP contribution in [0.4, 0.5) is 0 Å². The van der Waals surface area contributed by atoms with Gasteiger partial charge in [0.05, 0.1) is 6.61 Å². The van der Waals surface area contributed by atoms with E-state index in [0.29, 0.717) is 25.6 Å². The molecule has 1 saturated heterocycles. The molecule has 0 spiro atoms. The Morgan fingerprint density at radius 3 is 2.43 bits per heavy atom. The molecular formula is C21H26N2O4S. The van der Waals surface area contributed by atoms with Gasteiger partial charge in [0.15, 0.2) is 0 Å². The number of amides is 1. The molecule has 1 heterocycles. The smallest absolute Gasteiger partial charge is 0.248 e. The van der Waals surface area contributed by atoms with E-state index < -0.39 is 15.9 Å². The lowest BCUT2D eigenvalue weighted by Crippen LogP contribution is -2.39. The second-order valence-corrected chi connectivity index (χ2v) is 8.90. The van der Waals surface area contributed by atoms with E-state index >= 15 is 0 Å². The third-order valence-corrected chi connectivity index (χ3v) is 7.01. The molecule has 7 heteroatoms. The highest BCUT2D eigenvalue weighted by atomic mass is 32.2. The molecule has 0 bridgehead atoms. The van der Waals surface area contributed by atoms with Crippen molar-refractivity contribution in [1.82, 2.24) is 4.31 Å². The summed E-state index contributed by atoms with van der Waals surface area (Å²) >= 11 is 0. The lowest BCUT2D eigenvalue weighted by Gasteiger charge is -2.31. The Morgan fingerprint density at radius 2 is 1.82 bits per heavy atom. The van der Waals surface area contributed by atoms with E-state index in [1.165, 1.54) is 28.1 Å². The van der Waals surface area contributed by atoms with Gasteiger partial charge in [0.1, 0.15) is 10.6 Å². The van der Waals surface area contributed by atoms with Crippen molar-refractivity contribution >= 4 is 15.9 Å². The van der Waals surface area contributed by atoms with Gasteiger partial charge in [0.2, 0.25) is 15.9 Å². The van der Waals surface area contributed by atoms with Crippen LogP contribution in [0.15, 0.2) is 53.4 Å². The number of nitrogens with two attached hydrogens (primary N) is 1. The van der Waals surface area contributed by atoms with Crippen LogP contribution in [-0.2, 0) is 16.4 Å². The van der Waals surface area contributed by atoms with Crippen molar-refractivity contribution in [3.05, 3.63) is 59.7 Å².